The van der Waals surface area contributed by atoms with Crippen molar-refractivity contribution in [1.82, 2.24) is 4.90 Å². The normalized spacial score (nSPS) is 11.1. The van der Waals surface area contributed by atoms with Crippen molar-refractivity contribution in [3.05, 3.63) is 22.7 Å². The molecule has 0 aliphatic rings. The number of amides is 1. The largest absolute Gasteiger partial charge is 0.573 e. The fourth-order valence-electron chi connectivity index (χ4n) is 1.33. The summed E-state index contributed by atoms with van der Waals surface area (Å²) in [4.78, 5) is 13.1. The molecule has 0 saturated carbocycles. The fraction of sp³-hybridized carbons (Fsp3) is 0.417. The summed E-state index contributed by atoms with van der Waals surface area (Å²) in [6.07, 6.45) is -4.79. The third-order valence-corrected chi connectivity index (χ3v) is 2.99. The molecule has 0 saturated heterocycles. The van der Waals surface area contributed by atoms with Crippen molar-refractivity contribution >= 4 is 27.5 Å². The van der Waals surface area contributed by atoms with Crippen molar-refractivity contribution in [2.24, 2.45) is 0 Å². The van der Waals surface area contributed by atoms with Crippen molar-refractivity contribution in [3.63, 3.8) is 0 Å². The first kappa shape index (κ1) is 16.6. The van der Waals surface area contributed by atoms with Gasteiger partial charge in [-0.3, -0.25) is 4.79 Å². The summed E-state index contributed by atoms with van der Waals surface area (Å²) in [5, 5.41) is 2.64. The Balaban J connectivity index is 2.81. The van der Waals surface area contributed by atoms with Crippen molar-refractivity contribution < 1.29 is 22.7 Å². The highest BCUT2D eigenvalue weighted by molar-refractivity contribution is 9.10. The molecule has 0 fully saturated rings. The number of hydrogen-bond donors (Lipinski definition) is 1. The zero-order valence-corrected chi connectivity index (χ0v) is 12.5. The summed E-state index contributed by atoms with van der Waals surface area (Å²) in [6.45, 7) is 2.21. The topological polar surface area (TPSA) is 41.6 Å². The highest BCUT2D eigenvalue weighted by atomic mass is 79.9. The smallest absolute Gasteiger partial charge is 0.404 e. The Hall–Kier alpha value is -1.44. The lowest BCUT2D eigenvalue weighted by molar-refractivity contribution is -0.274. The lowest BCUT2D eigenvalue weighted by atomic mass is 10.3. The SMILES string of the molecule is CCN(C)C(=O)CNc1ccc(Br)cc1OC(F)(F)F. The highest BCUT2D eigenvalue weighted by Gasteiger charge is 2.32. The van der Waals surface area contributed by atoms with Crippen LogP contribution in [0.25, 0.3) is 0 Å². The molecule has 0 aromatic heterocycles. The summed E-state index contributed by atoms with van der Waals surface area (Å²) in [5.41, 5.74) is 0.100. The molecule has 112 valence electrons. The predicted molar refractivity (Wildman–Crippen MR) is 72.6 cm³/mol. The third-order valence-electron chi connectivity index (χ3n) is 2.50. The van der Waals surface area contributed by atoms with E-state index in [1.54, 1.807) is 20.0 Å². The van der Waals surface area contributed by atoms with E-state index in [1.807, 2.05) is 0 Å². The molecule has 4 nitrogen and oxygen atoms in total. The Morgan fingerprint density at radius 1 is 1.45 bits per heavy atom. The van der Waals surface area contributed by atoms with Crippen LogP contribution in [0.3, 0.4) is 0 Å². The first-order valence-electron chi connectivity index (χ1n) is 5.76. The van der Waals surface area contributed by atoms with E-state index in [9.17, 15) is 18.0 Å². The van der Waals surface area contributed by atoms with Gasteiger partial charge in [-0.15, -0.1) is 13.2 Å². The molecule has 0 bridgehead atoms. The molecule has 1 aromatic rings. The first-order valence-corrected chi connectivity index (χ1v) is 6.55. The maximum absolute atomic E-state index is 12.3. The maximum Gasteiger partial charge on any atom is 0.573 e. The van der Waals surface area contributed by atoms with Gasteiger partial charge in [-0.1, -0.05) is 15.9 Å². The molecule has 0 spiro atoms. The van der Waals surface area contributed by atoms with E-state index in [4.69, 9.17) is 0 Å². The van der Waals surface area contributed by atoms with Gasteiger partial charge in [0.05, 0.1) is 12.2 Å². The number of benzene rings is 1. The van der Waals surface area contributed by atoms with Gasteiger partial charge in [-0.2, -0.15) is 0 Å². The number of nitrogens with one attached hydrogen (secondary N) is 1. The van der Waals surface area contributed by atoms with Gasteiger partial charge in [-0.25, -0.2) is 0 Å². The maximum atomic E-state index is 12.3. The molecule has 0 aliphatic heterocycles. The minimum atomic E-state index is -4.79. The molecule has 8 heteroatoms. The number of carbonyl (C=O) groups is 1. The number of nitrogens with zero attached hydrogens (tertiary/aromatic N) is 1. The molecule has 1 aromatic carbocycles. The Morgan fingerprint density at radius 3 is 2.65 bits per heavy atom. The number of halogens is 4. The summed E-state index contributed by atoms with van der Waals surface area (Å²) in [7, 11) is 1.61. The van der Waals surface area contributed by atoms with Gasteiger partial charge in [0.15, 0.2) is 5.75 Å². The summed E-state index contributed by atoms with van der Waals surface area (Å²) in [6, 6.07) is 4.15. The van der Waals surface area contributed by atoms with Crippen LogP contribution in [-0.2, 0) is 4.79 Å². The van der Waals surface area contributed by atoms with E-state index in [-0.39, 0.29) is 23.9 Å². The quantitative estimate of drug-likeness (QED) is 0.882. The van der Waals surface area contributed by atoms with E-state index in [1.165, 1.54) is 17.0 Å². The molecular formula is C12H14BrF3N2O2. The number of hydrogen-bond acceptors (Lipinski definition) is 3. The van der Waals surface area contributed by atoms with Crippen LogP contribution in [-0.4, -0.2) is 37.3 Å². The van der Waals surface area contributed by atoms with Gasteiger partial charge in [0.25, 0.3) is 0 Å². The summed E-state index contributed by atoms with van der Waals surface area (Å²) < 4.78 is 41.2. The average Bonchev–Trinajstić information content (AvgIpc) is 2.34. The molecule has 0 heterocycles. The van der Waals surface area contributed by atoms with Gasteiger partial charge in [0.1, 0.15) is 0 Å². The van der Waals surface area contributed by atoms with Gasteiger partial charge in [0.2, 0.25) is 5.91 Å². The monoisotopic (exact) mass is 354 g/mol. The molecule has 20 heavy (non-hydrogen) atoms. The molecule has 1 amide bonds. The van der Waals surface area contributed by atoms with Crippen LogP contribution >= 0.6 is 15.9 Å². The molecular weight excluding hydrogens is 341 g/mol. The zero-order valence-electron chi connectivity index (χ0n) is 10.9. The third kappa shape index (κ3) is 5.28. The van der Waals surface area contributed by atoms with Crippen LogP contribution in [0.1, 0.15) is 6.92 Å². The van der Waals surface area contributed by atoms with E-state index >= 15 is 0 Å². The van der Waals surface area contributed by atoms with Gasteiger partial charge in [0, 0.05) is 18.1 Å². The van der Waals surface area contributed by atoms with E-state index in [0.29, 0.717) is 11.0 Å². The first-order chi connectivity index (χ1) is 9.23. The van der Waals surface area contributed by atoms with Crippen LogP contribution in [0.2, 0.25) is 0 Å². The number of likely N-dealkylation sites (N-methyl/N-ethyl adjacent to an activating group) is 1. The highest BCUT2D eigenvalue weighted by Crippen LogP contribution is 2.32. The van der Waals surface area contributed by atoms with E-state index in [0.717, 1.165) is 0 Å². The van der Waals surface area contributed by atoms with Gasteiger partial charge in [-0.05, 0) is 25.1 Å². The Kier molecular flexibility index (Phi) is 5.67. The lowest BCUT2D eigenvalue weighted by Crippen LogP contribution is -2.32. The van der Waals surface area contributed by atoms with Crippen LogP contribution in [0.4, 0.5) is 18.9 Å². The van der Waals surface area contributed by atoms with Gasteiger partial charge < -0.3 is 15.0 Å². The standard InChI is InChI=1S/C12H14BrF3N2O2/c1-3-18(2)11(19)7-17-9-5-4-8(13)6-10(9)20-12(14,15)16/h4-6,17H,3,7H2,1-2H3. The lowest BCUT2D eigenvalue weighted by Gasteiger charge is -2.17. The van der Waals surface area contributed by atoms with Crippen molar-refractivity contribution in [1.29, 1.82) is 0 Å². The number of ether oxygens (including phenoxy) is 1. The molecule has 0 radical (unpaired) electrons. The number of alkyl halides is 3. The minimum Gasteiger partial charge on any atom is -0.404 e. The van der Waals surface area contributed by atoms with Crippen molar-refractivity contribution in [3.8, 4) is 5.75 Å². The summed E-state index contributed by atoms with van der Waals surface area (Å²) in [5.74, 6) is -0.618. The summed E-state index contributed by atoms with van der Waals surface area (Å²) >= 11 is 3.07. The zero-order chi connectivity index (χ0) is 15.3. The molecule has 1 N–H and O–H groups in total. The number of rotatable bonds is 5. The molecule has 0 aliphatic carbocycles. The Bertz CT molecular complexity index is 480. The average molecular weight is 355 g/mol. The molecule has 1 rings (SSSR count). The fourth-order valence-corrected chi connectivity index (χ4v) is 1.67. The van der Waals surface area contributed by atoms with E-state index < -0.39 is 6.36 Å². The predicted octanol–water partition coefficient (Wildman–Crippen LogP) is 3.24. The second kappa shape index (κ2) is 6.83. The second-order valence-corrected chi connectivity index (χ2v) is 4.87. The van der Waals surface area contributed by atoms with Crippen LogP contribution < -0.4 is 10.1 Å². The Labute approximate surface area is 123 Å². The second-order valence-electron chi connectivity index (χ2n) is 3.95. The Morgan fingerprint density at radius 2 is 2.10 bits per heavy atom. The van der Waals surface area contributed by atoms with Crippen LogP contribution in [0, 0.1) is 0 Å². The van der Waals surface area contributed by atoms with Crippen molar-refractivity contribution in [2.75, 3.05) is 25.5 Å². The van der Waals surface area contributed by atoms with Crippen molar-refractivity contribution in [2.45, 2.75) is 13.3 Å². The minimum absolute atomic E-state index is 0.100. The molecule has 0 atom stereocenters. The van der Waals surface area contributed by atoms with E-state index in [2.05, 4.69) is 26.0 Å². The number of carbonyl (C=O) groups excluding carboxylic acids is 1. The van der Waals surface area contributed by atoms with Crippen LogP contribution in [0.15, 0.2) is 22.7 Å². The van der Waals surface area contributed by atoms with Gasteiger partial charge >= 0.3 is 6.36 Å². The molecule has 0 unspecified atom stereocenters. The number of anilines is 1. The van der Waals surface area contributed by atoms with Crippen LogP contribution in [0.5, 0.6) is 5.75 Å².